The highest BCUT2D eigenvalue weighted by Crippen LogP contribution is 2.46. The molecule has 1 aliphatic heterocycles. The predicted octanol–water partition coefficient (Wildman–Crippen LogP) is 6.17. The first-order valence-corrected chi connectivity index (χ1v) is 11.8. The first kappa shape index (κ1) is 23.4. The van der Waals surface area contributed by atoms with Crippen molar-refractivity contribution in [2.45, 2.75) is 88.1 Å². The molecule has 0 spiro atoms. The van der Waals surface area contributed by atoms with E-state index in [0.29, 0.717) is 6.54 Å². The Hall–Kier alpha value is -2.75. The number of Topliss-reactive ketones (excluding diaryl/α,β-unsaturated/α-hetero) is 1. The SMILES string of the molecule is CC(=O)C(C)(C)C(C)(C)c1cc(=O)n2c(c1C)-c1nc3c(C)c(C)c(C)c(C)c3c(C)c1C2. The highest BCUT2D eigenvalue weighted by molar-refractivity contribution is 5.94. The smallest absolute Gasteiger partial charge is 0.251 e. The quantitative estimate of drug-likeness (QED) is 0.380. The summed E-state index contributed by atoms with van der Waals surface area (Å²) in [6.07, 6.45) is 0. The molecule has 3 heterocycles. The summed E-state index contributed by atoms with van der Waals surface area (Å²) in [6.45, 7) is 23.2. The van der Waals surface area contributed by atoms with Gasteiger partial charge in [0, 0.05) is 27.8 Å². The van der Waals surface area contributed by atoms with Gasteiger partial charge in [-0.25, -0.2) is 4.98 Å². The summed E-state index contributed by atoms with van der Waals surface area (Å²) < 4.78 is 1.86. The fourth-order valence-electron chi connectivity index (χ4n) is 5.58. The average molecular weight is 445 g/mol. The molecular weight excluding hydrogens is 408 g/mol. The number of pyridine rings is 2. The van der Waals surface area contributed by atoms with Gasteiger partial charge in [-0.15, -0.1) is 0 Å². The summed E-state index contributed by atoms with van der Waals surface area (Å²) in [6, 6.07) is 1.75. The van der Waals surface area contributed by atoms with E-state index in [-0.39, 0.29) is 11.3 Å². The average Bonchev–Trinajstić information content (AvgIpc) is 3.13. The Bertz CT molecular complexity index is 1440. The largest absolute Gasteiger partial charge is 0.302 e. The van der Waals surface area contributed by atoms with E-state index in [2.05, 4.69) is 55.4 Å². The van der Waals surface area contributed by atoms with Gasteiger partial charge in [0.1, 0.15) is 5.78 Å². The van der Waals surface area contributed by atoms with Crippen LogP contribution in [0.5, 0.6) is 0 Å². The van der Waals surface area contributed by atoms with Crippen LogP contribution in [-0.2, 0) is 16.8 Å². The zero-order valence-electron chi connectivity index (χ0n) is 22.0. The van der Waals surface area contributed by atoms with Crippen molar-refractivity contribution in [3.05, 3.63) is 60.9 Å². The third kappa shape index (κ3) is 2.92. The number of ketones is 1. The number of aromatic nitrogens is 2. The number of carbonyl (C=O) groups is 1. The lowest BCUT2D eigenvalue weighted by Gasteiger charge is -2.41. The third-order valence-electron chi connectivity index (χ3n) is 9.21. The predicted molar refractivity (Wildman–Crippen MR) is 136 cm³/mol. The molecule has 0 atom stereocenters. The van der Waals surface area contributed by atoms with Gasteiger partial charge < -0.3 is 4.57 Å². The van der Waals surface area contributed by atoms with Crippen molar-refractivity contribution < 1.29 is 4.79 Å². The molecule has 4 heteroatoms. The van der Waals surface area contributed by atoms with Crippen molar-refractivity contribution in [1.29, 1.82) is 0 Å². The molecule has 1 aliphatic rings. The Morgan fingerprint density at radius 2 is 1.45 bits per heavy atom. The summed E-state index contributed by atoms with van der Waals surface area (Å²) in [4.78, 5) is 31.1. The third-order valence-corrected chi connectivity index (χ3v) is 9.21. The fourth-order valence-corrected chi connectivity index (χ4v) is 5.58. The minimum Gasteiger partial charge on any atom is -0.302 e. The first-order chi connectivity index (χ1) is 15.1. The standard InChI is InChI=1S/C29H36N2O2/c1-14-15(2)17(4)25-24(16(14)3)18(5)21-13-31-23(33)12-22(19(6)27(31)26(21)30-25)29(10,11)28(8,9)20(7)32/h12H,13H2,1-11H3. The molecule has 174 valence electrons. The Balaban J connectivity index is 2.11. The summed E-state index contributed by atoms with van der Waals surface area (Å²) in [5, 5.41) is 1.21. The number of aryl methyl sites for hydroxylation is 3. The number of hydrogen-bond donors (Lipinski definition) is 0. The van der Waals surface area contributed by atoms with E-state index in [1.165, 1.54) is 33.2 Å². The van der Waals surface area contributed by atoms with Gasteiger partial charge in [0.05, 0.1) is 23.4 Å². The van der Waals surface area contributed by atoms with Crippen LogP contribution in [0, 0.1) is 47.0 Å². The molecule has 0 amide bonds. The summed E-state index contributed by atoms with van der Waals surface area (Å²) in [5.74, 6) is 0.116. The van der Waals surface area contributed by atoms with Crippen LogP contribution in [0.3, 0.4) is 0 Å². The minimum atomic E-state index is -0.612. The summed E-state index contributed by atoms with van der Waals surface area (Å²) >= 11 is 0. The number of fused-ring (bicyclic) bond motifs is 4. The molecule has 0 saturated carbocycles. The molecule has 0 N–H and O–H groups in total. The number of hydrogen-bond acceptors (Lipinski definition) is 3. The van der Waals surface area contributed by atoms with Gasteiger partial charge in [-0.1, -0.05) is 27.7 Å². The molecule has 4 nitrogen and oxygen atoms in total. The lowest BCUT2D eigenvalue weighted by atomic mass is 9.61. The maximum atomic E-state index is 13.4. The number of rotatable bonds is 3. The van der Waals surface area contributed by atoms with Crippen molar-refractivity contribution in [3.63, 3.8) is 0 Å². The second-order valence-electron chi connectivity index (χ2n) is 11.0. The van der Waals surface area contributed by atoms with Gasteiger partial charge in [-0.05, 0) is 87.4 Å². The topological polar surface area (TPSA) is 52.0 Å². The zero-order valence-corrected chi connectivity index (χ0v) is 22.0. The van der Waals surface area contributed by atoms with Crippen molar-refractivity contribution in [2.24, 2.45) is 5.41 Å². The van der Waals surface area contributed by atoms with Crippen molar-refractivity contribution in [3.8, 4) is 11.4 Å². The Kier molecular flexibility index (Phi) is 5.05. The van der Waals surface area contributed by atoms with Gasteiger partial charge in [0.15, 0.2) is 0 Å². The van der Waals surface area contributed by atoms with E-state index in [1.807, 2.05) is 18.4 Å². The number of nitrogens with zero attached hydrogens (tertiary/aromatic N) is 2. The van der Waals surface area contributed by atoms with E-state index in [4.69, 9.17) is 4.98 Å². The van der Waals surface area contributed by atoms with Crippen molar-refractivity contribution >= 4 is 16.7 Å². The number of benzene rings is 1. The van der Waals surface area contributed by atoms with Crippen LogP contribution in [0.15, 0.2) is 10.9 Å². The Morgan fingerprint density at radius 3 is 2.03 bits per heavy atom. The lowest BCUT2D eigenvalue weighted by molar-refractivity contribution is -0.128. The second-order valence-corrected chi connectivity index (χ2v) is 11.0. The van der Waals surface area contributed by atoms with Crippen LogP contribution in [0.25, 0.3) is 22.3 Å². The van der Waals surface area contributed by atoms with Gasteiger partial charge in [0.25, 0.3) is 5.56 Å². The molecule has 2 aromatic heterocycles. The van der Waals surface area contributed by atoms with Crippen LogP contribution >= 0.6 is 0 Å². The van der Waals surface area contributed by atoms with Crippen molar-refractivity contribution in [1.82, 2.24) is 9.55 Å². The fraction of sp³-hybridized carbons (Fsp3) is 0.483. The van der Waals surface area contributed by atoms with E-state index < -0.39 is 10.8 Å². The van der Waals surface area contributed by atoms with E-state index in [1.54, 1.807) is 13.0 Å². The molecule has 0 saturated heterocycles. The molecule has 3 aromatic rings. The number of carbonyl (C=O) groups excluding carboxylic acids is 1. The molecular formula is C29H36N2O2. The molecule has 1 aromatic carbocycles. The zero-order chi connectivity index (χ0) is 24.8. The van der Waals surface area contributed by atoms with Crippen LogP contribution in [0.1, 0.15) is 79.1 Å². The van der Waals surface area contributed by atoms with Gasteiger partial charge in [-0.3, -0.25) is 9.59 Å². The van der Waals surface area contributed by atoms with Crippen molar-refractivity contribution in [2.75, 3.05) is 0 Å². The molecule has 0 radical (unpaired) electrons. The summed E-state index contributed by atoms with van der Waals surface area (Å²) in [7, 11) is 0. The van der Waals surface area contributed by atoms with Gasteiger partial charge in [-0.2, -0.15) is 0 Å². The molecule has 33 heavy (non-hydrogen) atoms. The van der Waals surface area contributed by atoms with E-state index >= 15 is 0 Å². The molecule has 4 rings (SSSR count). The molecule has 0 unspecified atom stereocenters. The Morgan fingerprint density at radius 1 is 0.879 bits per heavy atom. The lowest BCUT2D eigenvalue weighted by Crippen LogP contribution is -2.43. The molecule has 0 fully saturated rings. The van der Waals surface area contributed by atoms with Crippen LogP contribution in [0.4, 0.5) is 0 Å². The summed E-state index contributed by atoms with van der Waals surface area (Å²) in [5.41, 5.74) is 11.1. The highest BCUT2D eigenvalue weighted by Gasteiger charge is 2.44. The maximum Gasteiger partial charge on any atom is 0.251 e. The van der Waals surface area contributed by atoms with Crippen LogP contribution < -0.4 is 5.56 Å². The van der Waals surface area contributed by atoms with Crippen LogP contribution in [0.2, 0.25) is 0 Å². The minimum absolute atomic E-state index is 0.0275. The maximum absolute atomic E-state index is 13.4. The second kappa shape index (κ2) is 7.12. The van der Waals surface area contributed by atoms with E-state index in [0.717, 1.165) is 33.6 Å². The Labute approximate surface area is 197 Å². The molecule has 0 aliphatic carbocycles. The normalized spacial score (nSPS) is 13.4. The van der Waals surface area contributed by atoms with E-state index in [9.17, 15) is 9.59 Å². The molecule has 0 bridgehead atoms. The van der Waals surface area contributed by atoms with Gasteiger partial charge in [0.2, 0.25) is 0 Å². The monoisotopic (exact) mass is 444 g/mol. The van der Waals surface area contributed by atoms with Crippen LogP contribution in [-0.4, -0.2) is 15.3 Å². The van der Waals surface area contributed by atoms with Gasteiger partial charge >= 0.3 is 0 Å². The highest BCUT2D eigenvalue weighted by atomic mass is 16.1. The first-order valence-electron chi connectivity index (χ1n) is 11.8.